The largest absolute Gasteiger partial charge is 0.388 e. The van der Waals surface area contributed by atoms with Crippen LogP contribution in [0.15, 0.2) is 65.6 Å². The fourth-order valence-electron chi connectivity index (χ4n) is 3.31. The number of rotatable bonds is 8. The number of sulfonamides is 1. The third-order valence-electron chi connectivity index (χ3n) is 5.05. The summed E-state index contributed by atoms with van der Waals surface area (Å²) in [5.74, 6) is -0.249. The molecule has 1 saturated heterocycles. The van der Waals surface area contributed by atoms with Crippen LogP contribution in [0.1, 0.15) is 12.0 Å². The van der Waals surface area contributed by atoms with Crippen LogP contribution in [-0.2, 0) is 26.1 Å². The molecule has 0 bridgehead atoms. The molecule has 0 spiro atoms. The highest BCUT2D eigenvalue weighted by Crippen LogP contribution is 2.24. The zero-order valence-corrected chi connectivity index (χ0v) is 17.4. The second-order valence-corrected chi connectivity index (χ2v) is 9.07. The van der Waals surface area contributed by atoms with E-state index in [0.717, 1.165) is 5.56 Å². The number of carbonyl (C=O) groups excluding carboxylic acids is 1. The number of aliphatic hydroxyl groups is 2. The topological polar surface area (TPSA) is 116 Å². The third kappa shape index (κ3) is 5.44. The maximum Gasteiger partial charge on any atom is 0.240 e. The maximum atomic E-state index is 12.5. The highest BCUT2D eigenvalue weighted by molar-refractivity contribution is 7.89. The summed E-state index contributed by atoms with van der Waals surface area (Å²) in [6.45, 7) is 0.186. The SMILES string of the molecule is CN(Cc1ccccc1)C(=O)C[C@H]1O[C@H](CNS(=O)(=O)c2ccccc2)[C@@H](O)[C@H]1O. The number of aliphatic hydroxyl groups excluding tert-OH is 2. The average Bonchev–Trinajstić information content (AvgIpc) is 3.01. The van der Waals surface area contributed by atoms with Crippen molar-refractivity contribution in [2.24, 2.45) is 0 Å². The summed E-state index contributed by atoms with van der Waals surface area (Å²) in [5.41, 5.74) is 0.967. The Morgan fingerprint density at radius 2 is 1.57 bits per heavy atom. The molecule has 3 rings (SSSR count). The minimum atomic E-state index is -3.78. The number of carbonyl (C=O) groups is 1. The fraction of sp³-hybridized carbons (Fsp3) is 0.381. The van der Waals surface area contributed by atoms with E-state index >= 15 is 0 Å². The normalized spacial score (nSPS) is 24.0. The maximum absolute atomic E-state index is 12.5. The predicted molar refractivity (Wildman–Crippen MR) is 110 cm³/mol. The van der Waals surface area contributed by atoms with E-state index in [1.807, 2.05) is 30.3 Å². The van der Waals surface area contributed by atoms with Gasteiger partial charge in [0.15, 0.2) is 0 Å². The first-order chi connectivity index (χ1) is 14.3. The van der Waals surface area contributed by atoms with Crippen molar-refractivity contribution in [3.8, 4) is 0 Å². The van der Waals surface area contributed by atoms with Gasteiger partial charge in [-0.2, -0.15) is 0 Å². The lowest BCUT2D eigenvalue weighted by Gasteiger charge is -2.21. The van der Waals surface area contributed by atoms with E-state index in [0.29, 0.717) is 6.54 Å². The minimum absolute atomic E-state index is 0.0901. The van der Waals surface area contributed by atoms with Gasteiger partial charge in [-0.25, -0.2) is 13.1 Å². The zero-order valence-electron chi connectivity index (χ0n) is 16.6. The molecular weight excluding hydrogens is 408 g/mol. The van der Waals surface area contributed by atoms with Gasteiger partial charge in [0.2, 0.25) is 15.9 Å². The molecule has 1 aliphatic heterocycles. The van der Waals surface area contributed by atoms with Crippen molar-refractivity contribution in [1.82, 2.24) is 9.62 Å². The molecule has 2 aromatic rings. The van der Waals surface area contributed by atoms with Crippen LogP contribution < -0.4 is 4.72 Å². The summed E-state index contributed by atoms with van der Waals surface area (Å²) < 4.78 is 32.6. The van der Waals surface area contributed by atoms with E-state index in [2.05, 4.69) is 4.72 Å². The first-order valence-corrected chi connectivity index (χ1v) is 11.1. The monoisotopic (exact) mass is 434 g/mol. The van der Waals surface area contributed by atoms with Gasteiger partial charge in [0.1, 0.15) is 18.3 Å². The van der Waals surface area contributed by atoms with Crippen LogP contribution in [0.5, 0.6) is 0 Å². The summed E-state index contributed by atoms with van der Waals surface area (Å²) >= 11 is 0. The fourth-order valence-corrected chi connectivity index (χ4v) is 4.38. The van der Waals surface area contributed by atoms with Crippen LogP contribution in [0, 0.1) is 0 Å². The molecule has 1 heterocycles. The Morgan fingerprint density at radius 1 is 1.00 bits per heavy atom. The highest BCUT2D eigenvalue weighted by atomic mass is 32.2. The molecule has 30 heavy (non-hydrogen) atoms. The molecule has 162 valence electrons. The molecule has 0 aromatic heterocycles. The lowest BCUT2D eigenvalue weighted by atomic mass is 10.1. The first-order valence-electron chi connectivity index (χ1n) is 9.62. The second kappa shape index (κ2) is 9.67. The van der Waals surface area contributed by atoms with E-state index in [4.69, 9.17) is 4.74 Å². The van der Waals surface area contributed by atoms with Crippen molar-refractivity contribution in [3.05, 3.63) is 66.2 Å². The van der Waals surface area contributed by atoms with Crippen LogP contribution in [0.4, 0.5) is 0 Å². The number of hydrogen-bond donors (Lipinski definition) is 3. The minimum Gasteiger partial charge on any atom is -0.388 e. The standard InChI is InChI=1S/C21H26N2O6S/c1-23(14-15-8-4-2-5-9-15)19(24)12-17-20(25)21(26)18(29-17)13-22-30(27,28)16-10-6-3-7-11-16/h2-11,17-18,20-22,25-26H,12-14H2,1H3/t17-,18-,20+,21-/m1/s1. The van der Waals surface area contributed by atoms with Crippen molar-refractivity contribution < 1.29 is 28.2 Å². The lowest BCUT2D eigenvalue weighted by molar-refractivity contribution is -0.134. The van der Waals surface area contributed by atoms with Gasteiger partial charge in [0, 0.05) is 20.1 Å². The molecule has 9 heteroatoms. The number of benzene rings is 2. The number of amides is 1. The van der Waals surface area contributed by atoms with E-state index < -0.39 is 34.4 Å². The van der Waals surface area contributed by atoms with Crippen molar-refractivity contribution in [3.63, 3.8) is 0 Å². The summed E-state index contributed by atoms with van der Waals surface area (Å²) in [4.78, 5) is 14.1. The van der Waals surface area contributed by atoms with Crippen LogP contribution >= 0.6 is 0 Å². The number of nitrogens with one attached hydrogen (secondary N) is 1. The predicted octanol–water partition coefficient (Wildman–Crippen LogP) is 0.503. The van der Waals surface area contributed by atoms with E-state index in [-0.39, 0.29) is 23.8 Å². The van der Waals surface area contributed by atoms with Crippen LogP contribution in [0.3, 0.4) is 0 Å². The van der Waals surface area contributed by atoms with Crippen LogP contribution in [-0.4, -0.2) is 67.4 Å². The van der Waals surface area contributed by atoms with Crippen LogP contribution in [0.25, 0.3) is 0 Å². The van der Waals surface area contributed by atoms with Crippen LogP contribution in [0.2, 0.25) is 0 Å². The van der Waals surface area contributed by atoms with Gasteiger partial charge in [-0.1, -0.05) is 48.5 Å². The second-order valence-electron chi connectivity index (χ2n) is 7.30. The number of ether oxygens (including phenoxy) is 1. The molecular formula is C21H26N2O6S. The Balaban J connectivity index is 1.55. The van der Waals surface area contributed by atoms with E-state index in [1.54, 1.807) is 25.2 Å². The molecule has 2 aromatic carbocycles. The Morgan fingerprint density at radius 3 is 2.20 bits per heavy atom. The van der Waals surface area contributed by atoms with E-state index in [1.165, 1.54) is 17.0 Å². The molecule has 4 atom stereocenters. The van der Waals surface area contributed by atoms with Gasteiger partial charge in [0.05, 0.1) is 17.4 Å². The summed E-state index contributed by atoms with van der Waals surface area (Å²) in [6, 6.07) is 17.3. The molecule has 1 fully saturated rings. The van der Waals surface area contributed by atoms with Crippen molar-refractivity contribution in [2.75, 3.05) is 13.6 Å². The Bertz CT molecular complexity index is 938. The zero-order chi connectivity index (χ0) is 21.7. The summed E-state index contributed by atoms with van der Waals surface area (Å²) in [5, 5.41) is 20.5. The molecule has 0 radical (unpaired) electrons. The Hall–Kier alpha value is -2.30. The average molecular weight is 435 g/mol. The summed E-state index contributed by atoms with van der Waals surface area (Å²) in [6.07, 6.45) is -4.59. The quantitative estimate of drug-likeness (QED) is 0.557. The molecule has 8 nitrogen and oxygen atoms in total. The molecule has 3 N–H and O–H groups in total. The molecule has 1 amide bonds. The van der Waals surface area contributed by atoms with Gasteiger partial charge in [-0.3, -0.25) is 4.79 Å². The Kier molecular flexibility index (Phi) is 7.22. The highest BCUT2D eigenvalue weighted by Gasteiger charge is 2.43. The third-order valence-corrected chi connectivity index (χ3v) is 6.49. The Labute approximate surface area is 176 Å². The van der Waals surface area contributed by atoms with Crippen molar-refractivity contribution >= 4 is 15.9 Å². The van der Waals surface area contributed by atoms with Crippen molar-refractivity contribution in [1.29, 1.82) is 0 Å². The number of nitrogens with zero attached hydrogens (tertiary/aromatic N) is 1. The number of hydrogen-bond acceptors (Lipinski definition) is 6. The summed E-state index contributed by atoms with van der Waals surface area (Å²) in [7, 11) is -2.12. The molecule has 1 aliphatic rings. The van der Waals surface area contributed by atoms with Gasteiger partial charge < -0.3 is 19.8 Å². The van der Waals surface area contributed by atoms with E-state index in [9.17, 15) is 23.4 Å². The van der Waals surface area contributed by atoms with Gasteiger partial charge in [0.25, 0.3) is 0 Å². The molecule has 0 aliphatic carbocycles. The van der Waals surface area contributed by atoms with Crippen molar-refractivity contribution in [2.45, 2.75) is 42.3 Å². The smallest absolute Gasteiger partial charge is 0.240 e. The molecule has 0 unspecified atom stereocenters. The van der Waals surface area contributed by atoms with Gasteiger partial charge in [-0.15, -0.1) is 0 Å². The van der Waals surface area contributed by atoms with Gasteiger partial charge in [-0.05, 0) is 17.7 Å². The van der Waals surface area contributed by atoms with Gasteiger partial charge >= 0.3 is 0 Å². The molecule has 0 saturated carbocycles. The lowest BCUT2D eigenvalue weighted by Crippen LogP contribution is -2.40. The first kappa shape index (κ1) is 22.4.